The molecule has 2 aromatic carbocycles. The Morgan fingerprint density at radius 1 is 0.970 bits per heavy atom. The number of carbonyl (C=O) groups is 2. The average molecular weight is 455 g/mol. The fourth-order valence-electron chi connectivity index (χ4n) is 3.33. The Hall–Kier alpha value is -4.01. The average Bonchev–Trinajstić information content (AvgIpc) is 2.82. The van der Waals surface area contributed by atoms with Crippen LogP contribution in [0.1, 0.15) is 17.5 Å². The summed E-state index contributed by atoms with van der Waals surface area (Å²) < 4.78 is 25.9. The predicted molar refractivity (Wildman–Crippen MR) is 121 cm³/mol. The zero-order valence-corrected chi connectivity index (χ0v) is 18.9. The molecule has 3 rings (SSSR count). The van der Waals surface area contributed by atoms with Gasteiger partial charge in [0.25, 0.3) is 5.91 Å². The molecule has 33 heavy (non-hydrogen) atoms. The van der Waals surface area contributed by atoms with E-state index in [1.807, 2.05) is 0 Å². The first-order valence-electron chi connectivity index (χ1n) is 10.1. The van der Waals surface area contributed by atoms with Gasteiger partial charge < -0.3 is 28.7 Å². The fourth-order valence-corrected chi connectivity index (χ4v) is 3.33. The van der Waals surface area contributed by atoms with Gasteiger partial charge in [-0.05, 0) is 43.2 Å². The number of hydrogen-bond acceptors (Lipinski definition) is 8. The van der Waals surface area contributed by atoms with E-state index in [2.05, 4.69) is 5.32 Å². The van der Waals surface area contributed by atoms with Gasteiger partial charge in [-0.25, -0.2) is 4.79 Å². The molecular formula is C24H25NO8. The van der Waals surface area contributed by atoms with Crippen LogP contribution in [-0.4, -0.2) is 39.8 Å². The fraction of sp³-hybridized carbons (Fsp3) is 0.292. The third-order valence-electron chi connectivity index (χ3n) is 5.12. The number of nitrogens with one attached hydrogen (secondary N) is 1. The quantitative estimate of drug-likeness (QED) is 0.386. The van der Waals surface area contributed by atoms with Gasteiger partial charge in [0.1, 0.15) is 22.8 Å². The first-order chi connectivity index (χ1) is 15.9. The van der Waals surface area contributed by atoms with Gasteiger partial charge in [-0.3, -0.25) is 9.59 Å². The van der Waals surface area contributed by atoms with Gasteiger partial charge in [-0.1, -0.05) is 0 Å². The van der Waals surface area contributed by atoms with Crippen molar-refractivity contribution in [2.75, 3.05) is 33.3 Å². The highest BCUT2D eigenvalue weighted by molar-refractivity contribution is 5.94. The zero-order chi connectivity index (χ0) is 24.0. The van der Waals surface area contributed by atoms with E-state index in [1.165, 1.54) is 21.3 Å². The lowest BCUT2D eigenvalue weighted by Crippen LogP contribution is -2.22. The van der Waals surface area contributed by atoms with Crippen LogP contribution in [0.4, 0.5) is 5.69 Å². The van der Waals surface area contributed by atoms with Crippen LogP contribution in [0.5, 0.6) is 17.2 Å². The Bertz CT molecular complexity index is 1230. The monoisotopic (exact) mass is 455 g/mol. The number of ether oxygens (including phenoxy) is 4. The van der Waals surface area contributed by atoms with Crippen LogP contribution >= 0.6 is 0 Å². The minimum absolute atomic E-state index is 0.0803. The number of anilines is 1. The maximum Gasteiger partial charge on any atom is 0.339 e. The number of benzene rings is 2. The van der Waals surface area contributed by atoms with E-state index in [0.717, 1.165) is 10.9 Å². The molecule has 0 atom stereocenters. The van der Waals surface area contributed by atoms with E-state index in [9.17, 15) is 14.4 Å². The molecule has 0 radical (unpaired) electrons. The molecule has 174 valence electrons. The van der Waals surface area contributed by atoms with Crippen LogP contribution < -0.4 is 25.2 Å². The van der Waals surface area contributed by atoms with E-state index in [4.69, 9.17) is 23.4 Å². The summed E-state index contributed by atoms with van der Waals surface area (Å²) in [5, 5.41) is 3.37. The van der Waals surface area contributed by atoms with Gasteiger partial charge in [0.15, 0.2) is 6.61 Å². The van der Waals surface area contributed by atoms with Crippen LogP contribution in [0.3, 0.4) is 0 Å². The van der Waals surface area contributed by atoms with Crippen molar-refractivity contribution >= 4 is 28.5 Å². The third kappa shape index (κ3) is 5.62. The molecule has 0 saturated carbocycles. The SMILES string of the molecule is COc1ccc(OC)c(NC(=O)COC(=O)CCc2c(C)c3ccc(OC)cc3oc2=O)c1. The molecule has 0 saturated heterocycles. The largest absolute Gasteiger partial charge is 0.497 e. The molecule has 1 amide bonds. The summed E-state index contributed by atoms with van der Waals surface area (Å²) in [7, 11) is 4.50. The summed E-state index contributed by atoms with van der Waals surface area (Å²) in [6.07, 6.45) is 0.0450. The molecule has 0 aliphatic rings. The summed E-state index contributed by atoms with van der Waals surface area (Å²) in [6, 6.07) is 10.1. The number of aryl methyl sites for hydroxylation is 1. The highest BCUT2D eigenvalue weighted by Gasteiger charge is 2.16. The van der Waals surface area contributed by atoms with E-state index in [-0.39, 0.29) is 12.8 Å². The van der Waals surface area contributed by atoms with E-state index < -0.39 is 24.1 Å². The van der Waals surface area contributed by atoms with Crippen molar-refractivity contribution in [2.45, 2.75) is 19.8 Å². The molecule has 0 aliphatic heterocycles. The highest BCUT2D eigenvalue weighted by atomic mass is 16.5. The maximum absolute atomic E-state index is 12.4. The number of fused-ring (bicyclic) bond motifs is 1. The first-order valence-corrected chi connectivity index (χ1v) is 10.1. The third-order valence-corrected chi connectivity index (χ3v) is 5.12. The summed E-state index contributed by atoms with van der Waals surface area (Å²) >= 11 is 0. The second-order valence-electron chi connectivity index (χ2n) is 7.13. The minimum Gasteiger partial charge on any atom is -0.497 e. The summed E-state index contributed by atoms with van der Waals surface area (Å²) in [5.41, 5.74) is 1.38. The van der Waals surface area contributed by atoms with Gasteiger partial charge >= 0.3 is 11.6 Å². The lowest BCUT2D eigenvalue weighted by molar-refractivity contribution is -0.147. The Morgan fingerprint density at radius 3 is 2.36 bits per heavy atom. The second kappa shape index (κ2) is 10.5. The van der Waals surface area contributed by atoms with Crippen LogP contribution in [0.2, 0.25) is 0 Å². The summed E-state index contributed by atoms with van der Waals surface area (Å²) in [5.74, 6) is 0.394. The molecular weight excluding hydrogens is 430 g/mol. The molecule has 0 bridgehead atoms. The Balaban J connectivity index is 1.59. The van der Waals surface area contributed by atoms with Crippen molar-refractivity contribution in [3.8, 4) is 17.2 Å². The molecule has 9 nitrogen and oxygen atoms in total. The topological polar surface area (TPSA) is 113 Å². The van der Waals surface area contributed by atoms with Crippen LogP contribution in [0.15, 0.2) is 45.6 Å². The number of methoxy groups -OCH3 is 3. The van der Waals surface area contributed by atoms with Crippen molar-refractivity contribution in [1.29, 1.82) is 0 Å². The van der Waals surface area contributed by atoms with Gasteiger partial charge in [0, 0.05) is 29.5 Å². The highest BCUT2D eigenvalue weighted by Crippen LogP contribution is 2.29. The van der Waals surface area contributed by atoms with Crippen LogP contribution in [0.25, 0.3) is 11.0 Å². The maximum atomic E-state index is 12.4. The van der Waals surface area contributed by atoms with Gasteiger partial charge in [-0.2, -0.15) is 0 Å². The molecule has 9 heteroatoms. The number of amides is 1. The van der Waals surface area contributed by atoms with Crippen molar-refractivity contribution < 1.29 is 33.0 Å². The normalized spacial score (nSPS) is 10.5. The predicted octanol–water partition coefficient (Wildman–Crippen LogP) is 3.24. The van der Waals surface area contributed by atoms with E-state index in [1.54, 1.807) is 43.3 Å². The zero-order valence-electron chi connectivity index (χ0n) is 18.9. The second-order valence-corrected chi connectivity index (χ2v) is 7.13. The van der Waals surface area contributed by atoms with Crippen LogP contribution in [-0.2, 0) is 20.7 Å². The number of rotatable bonds is 9. The lowest BCUT2D eigenvalue weighted by Gasteiger charge is -2.12. The Labute approximate surface area is 190 Å². The number of hydrogen-bond donors (Lipinski definition) is 1. The van der Waals surface area contributed by atoms with Crippen molar-refractivity contribution in [1.82, 2.24) is 0 Å². The first kappa shape index (κ1) is 23.6. The van der Waals surface area contributed by atoms with Gasteiger partial charge in [0.2, 0.25) is 0 Å². The molecule has 1 heterocycles. The Kier molecular flexibility index (Phi) is 7.55. The minimum atomic E-state index is -0.614. The smallest absolute Gasteiger partial charge is 0.339 e. The molecule has 1 N–H and O–H groups in total. The molecule has 0 spiro atoms. The van der Waals surface area contributed by atoms with Crippen molar-refractivity contribution in [3.05, 3.63) is 57.9 Å². The van der Waals surface area contributed by atoms with E-state index >= 15 is 0 Å². The number of esters is 1. The number of carbonyl (C=O) groups excluding carboxylic acids is 2. The molecule has 3 aromatic rings. The lowest BCUT2D eigenvalue weighted by atomic mass is 10.0. The molecule has 1 aromatic heterocycles. The summed E-state index contributed by atoms with van der Waals surface area (Å²) in [4.78, 5) is 36.8. The standard InChI is InChI=1S/C24H25NO8/c1-14-17-7-5-16(30-3)12-21(17)33-24(28)18(14)8-10-23(27)32-13-22(26)25-19-11-15(29-2)6-9-20(19)31-4/h5-7,9,11-12H,8,10,13H2,1-4H3,(H,25,26). The molecule has 0 fully saturated rings. The van der Waals surface area contributed by atoms with Crippen LogP contribution in [0, 0.1) is 6.92 Å². The van der Waals surface area contributed by atoms with Crippen molar-refractivity contribution in [3.63, 3.8) is 0 Å². The Morgan fingerprint density at radius 2 is 1.67 bits per heavy atom. The van der Waals surface area contributed by atoms with Crippen molar-refractivity contribution in [2.24, 2.45) is 0 Å². The van der Waals surface area contributed by atoms with Gasteiger partial charge in [-0.15, -0.1) is 0 Å². The van der Waals surface area contributed by atoms with E-state index in [0.29, 0.717) is 34.1 Å². The van der Waals surface area contributed by atoms with Gasteiger partial charge in [0.05, 0.1) is 27.0 Å². The molecule has 0 unspecified atom stereocenters. The molecule has 0 aliphatic carbocycles. The summed E-state index contributed by atoms with van der Waals surface area (Å²) in [6.45, 7) is 1.31.